The lowest BCUT2D eigenvalue weighted by molar-refractivity contribution is 0.0950. The Balaban J connectivity index is 1.80. The van der Waals surface area contributed by atoms with Crippen LogP contribution in [0.15, 0.2) is 60.8 Å². The van der Waals surface area contributed by atoms with Crippen molar-refractivity contribution in [3.63, 3.8) is 0 Å². The van der Waals surface area contributed by atoms with Gasteiger partial charge >= 0.3 is 0 Å². The van der Waals surface area contributed by atoms with Gasteiger partial charge < -0.3 is 0 Å². The van der Waals surface area contributed by atoms with E-state index in [1.165, 1.54) is 11.1 Å². The third kappa shape index (κ3) is 1.58. The van der Waals surface area contributed by atoms with Gasteiger partial charge in [-0.2, -0.15) is 0 Å². The highest BCUT2D eigenvalue weighted by molar-refractivity contribution is 6.10. The first kappa shape index (κ1) is 11.4. The molecule has 4 rings (SSSR count). The normalized spacial score (nSPS) is 16.5. The molecule has 1 aliphatic rings. The Morgan fingerprint density at radius 2 is 1.85 bits per heavy atom. The lowest BCUT2D eigenvalue weighted by Gasteiger charge is -2.29. The first-order valence-electron chi connectivity index (χ1n) is 6.80. The summed E-state index contributed by atoms with van der Waals surface area (Å²) in [7, 11) is 0. The lowest BCUT2D eigenvalue weighted by Crippen LogP contribution is -2.25. The molecule has 0 N–H and O–H groups in total. The molecule has 3 aromatic rings. The van der Waals surface area contributed by atoms with Crippen LogP contribution in [-0.2, 0) is 6.42 Å². The summed E-state index contributed by atoms with van der Waals surface area (Å²) in [6.45, 7) is 0. The van der Waals surface area contributed by atoms with Gasteiger partial charge in [0.1, 0.15) is 0 Å². The van der Waals surface area contributed by atoms with Crippen molar-refractivity contribution in [2.75, 3.05) is 0 Å². The van der Waals surface area contributed by atoms with Crippen molar-refractivity contribution in [1.82, 2.24) is 4.98 Å². The number of hydrogen-bond donors (Lipinski definition) is 0. The van der Waals surface area contributed by atoms with Gasteiger partial charge in [-0.05, 0) is 29.7 Å². The van der Waals surface area contributed by atoms with Crippen LogP contribution < -0.4 is 0 Å². The largest absolute Gasteiger partial charge is 0.293 e. The minimum Gasteiger partial charge on any atom is -0.293 e. The number of carbonyl (C=O) groups is 1. The van der Waals surface area contributed by atoms with Crippen LogP contribution in [0.4, 0.5) is 0 Å². The average Bonchev–Trinajstić information content (AvgIpc) is 2.48. The number of para-hydroxylation sites is 1. The van der Waals surface area contributed by atoms with Crippen molar-refractivity contribution in [3.05, 3.63) is 77.5 Å². The maximum absolute atomic E-state index is 12.8. The molecule has 0 radical (unpaired) electrons. The molecule has 2 heteroatoms. The Morgan fingerprint density at radius 3 is 2.75 bits per heavy atom. The number of pyridine rings is 1. The number of fused-ring (bicyclic) bond motifs is 2. The number of nitrogens with zero attached hydrogens (tertiary/aromatic N) is 1. The number of ketones is 1. The molecule has 2 aromatic carbocycles. The van der Waals surface area contributed by atoms with Gasteiger partial charge in [-0.15, -0.1) is 0 Å². The minimum atomic E-state index is -0.00111. The van der Waals surface area contributed by atoms with Gasteiger partial charge in [0.05, 0.1) is 11.4 Å². The van der Waals surface area contributed by atoms with Gasteiger partial charge in [-0.3, -0.25) is 9.78 Å². The molecule has 1 unspecified atom stereocenters. The molecule has 0 aliphatic heterocycles. The highest BCUT2D eigenvalue weighted by atomic mass is 16.1. The lowest BCUT2D eigenvalue weighted by atomic mass is 9.73. The standard InChI is InChI=1S/C18H13NO/c20-18(16-11-13-5-1-2-8-14(13)16)15-9-3-6-12-7-4-10-19-17(12)15/h1-10,16H,11H2. The van der Waals surface area contributed by atoms with E-state index in [-0.39, 0.29) is 11.7 Å². The predicted octanol–water partition coefficient (Wildman–Crippen LogP) is 3.76. The minimum absolute atomic E-state index is 0.00111. The third-order valence-electron chi connectivity index (χ3n) is 4.07. The van der Waals surface area contributed by atoms with Crippen LogP contribution in [0.25, 0.3) is 10.9 Å². The van der Waals surface area contributed by atoms with Gasteiger partial charge in [0.2, 0.25) is 0 Å². The fourth-order valence-electron chi connectivity index (χ4n) is 2.98. The molecule has 96 valence electrons. The SMILES string of the molecule is O=C(c1cccc2cccnc12)C1Cc2ccccc21. The summed E-state index contributed by atoms with van der Waals surface area (Å²) in [5.41, 5.74) is 4.01. The van der Waals surface area contributed by atoms with Crippen LogP contribution in [-0.4, -0.2) is 10.8 Å². The van der Waals surface area contributed by atoms with Gasteiger partial charge in [0, 0.05) is 17.1 Å². The van der Waals surface area contributed by atoms with Crippen molar-refractivity contribution in [2.45, 2.75) is 12.3 Å². The topological polar surface area (TPSA) is 30.0 Å². The molecule has 0 saturated carbocycles. The number of rotatable bonds is 2. The molecule has 0 fully saturated rings. The molecule has 1 atom stereocenters. The van der Waals surface area contributed by atoms with E-state index in [0.29, 0.717) is 0 Å². The average molecular weight is 259 g/mol. The molecular weight excluding hydrogens is 246 g/mol. The second-order valence-corrected chi connectivity index (χ2v) is 5.20. The van der Waals surface area contributed by atoms with E-state index in [0.717, 1.165) is 22.9 Å². The summed E-state index contributed by atoms with van der Waals surface area (Å²) in [5, 5.41) is 1.02. The molecule has 2 nitrogen and oxygen atoms in total. The summed E-state index contributed by atoms with van der Waals surface area (Å²) in [6, 6.07) is 17.9. The van der Waals surface area contributed by atoms with Crippen LogP contribution in [0.5, 0.6) is 0 Å². The van der Waals surface area contributed by atoms with E-state index in [1.807, 2.05) is 42.5 Å². The molecule has 0 bridgehead atoms. The van der Waals surface area contributed by atoms with Crippen LogP contribution in [0, 0.1) is 0 Å². The van der Waals surface area contributed by atoms with Gasteiger partial charge in [0.15, 0.2) is 5.78 Å². The fraction of sp³-hybridized carbons (Fsp3) is 0.111. The molecule has 20 heavy (non-hydrogen) atoms. The van der Waals surface area contributed by atoms with Crippen molar-refractivity contribution in [1.29, 1.82) is 0 Å². The second kappa shape index (κ2) is 4.27. The molecule has 0 spiro atoms. The Kier molecular flexibility index (Phi) is 2.43. The zero-order valence-corrected chi connectivity index (χ0v) is 10.9. The van der Waals surface area contributed by atoms with Crippen LogP contribution in [0.2, 0.25) is 0 Å². The van der Waals surface area contributed by atoms with Gasteiger partial charge in [-0.1, -0.05) is 42.5 Å². The van der Waals surface area contributed by atoms with Crippen LogP contribution in [0.3, 0.4) is 0 Å². The molecular formula is C18H13NO. The van der Waals surface area contributed by atoms with E-state index in [4.69, 9.17) is 0 Å². The Hall–Kier alpha value is -2.48. The maximum atomic E-state index is 12.8. The number of benzene rings is 2. The first-order chi connectivity index (χ1) is 9.84. The van der Waals surface area contributed by atoms with E-state index >= 15 is 0 Å². The van der Waals surface area contributed by atoms with Crippen molar-refractivity contribution in [2.24, 2.45) is 0 Å². The van der Waals surface area contributed by atoms with Crippen molar-refractivity contribution in [3.8, 4) is 0 Å². The Labute approximate surface area is 117 Å². The fourth-order valence-corrected chi connectivity index (χ4v) is 2.98. The third-order valence-corrected chi connectivity index (χ3v) is 4.07. The zero-order chi connectivity index (χ0) is 13.5. The van der Waals surface area contributed by atoms with Crippen molar-refractivity contribution >= 4 is 16.7 Å². The van der Waals surface area contributed by atoms with E-state index in [1.54, 1.807) is 6.20 Å². The number of hydrogen-bond acceptors (Lipinski definition) is 2. The number of aromatic nitrogens is 1. The molecule has 0 saturated heterocycles. The Bertz CT molecular complexity index is 817. The van der Waals surface area contributed by atoms with Crippen molar-refractivity contribution < 1.29 is 4.79 Å². The highest BCUT2D eigenvalue weighted by Gasteiger charge is 2.33. The quantitative estimate of drug-likeness (QED) is 0.656. The predicted molar refractivity (Wildman–Crippen MR) is 79.0 cm³/mol. The zero-order valence-electron chi connectivity index (χ0n) is 10.9. The highest BCUT2D eigenvalue weighted by Crippen LogP contribution is 2.38. The van der Waals surface area contributed by atoms with Gasteiger partial charge in [-0.25, -0.2) is 0 Å². The van der Waals surface area contributed by atoms with E-state index < -0.39 is 0 Å². The summed E-state index contributed by atoms with van der Waals surface area (Å²) in [5.74, 6) is 0.187. The van der Waals surface area contributed by atoms with Crippen LogP contribution >= 0.6 is 0 Å². The van der Waals surface area contributed by atoms with Gasteiger partial charge in [0.25, 0.3) is 0 Å². The smallest absolute Gasteiger partial charge is 0.172 e. The molecule has 0 amide bonds. The second-order valence-electron chi connectivity index (χ2n) is 5.20. The summed E-state index contributed by atoms with van der Waals surface area (Å²) in [6.07, 6.45) is 2.59. The van der Waals surface area contributed by atoms with E-state index in [2.05, 4.69) is 17.1 Å². The first-order valence-corrected chi connectivity index (χ1v) is 6.80. The Morgan fingerprint density at radius 1 is 1.00 bits per heavy atom. The molecule has 1 aliphatic carbocycles. The molecule has 1 heterocycles. The summed E-state index contributed by atoms with van der Waals surface area (Å²) in [4.78, 5) is 17.1. The number of carbonyl (C=O) groups excluding carboxylic acids is 1. The summed E-state index contributed by atoms with van der Waals surface area (Å²) >= 11 is 0. The van der Waals surface area contributed by atoms with Crippen LogP contribution in [0.1, 0.15) is 27.4 Å². The van der Waals surface area contributed by atoms with E-state index in [9.17, 15) is 4.79 Å². The summed E-state index contributed by atoms with van der Waals surface area (Å²) < 4.78 is 0. The monoisotopic (exact) mass is 259 g/mol. The maximum Gasteiger partial charge on any atom is 0.172 e. The number of Topliss-reactive ketones (excluding diaryl/α,β-unsaturated/α-hetero) is 1. The molecule has 1 aromatic heterocycles.